The molecule has 0 amide bonds. The highest BCUT2D eigenvalue weighted by molar-refractivity contribution is 7.24. The lowest BCUT2D eigenvalue weighted by Gasteiger charge is -1.54. The summed E-state index contributed by atoms with van der Waals surface area (Å²) >= 11 is 0. The standard InChI is InChI=1S/C2H6NP/c1-2-4-3/h3H,2H2,1H3/i/hD. The Kier molecular flexibility index (Phi) is 1.82. The predicted molar refractivity (Wildman–Crippen MR) is 20.2 cm³/mol. The molecule has 0 aliphatic rings. The largest absolute Gasteiger partial charge is 0.284 e. The fourth-order valence-corrected chi connectivity index (χ4v) is 0. The van der Waals surface area contributed by atoms with E-state index in [1.807, 2.05) is 6.92 Å². The molecule has 1 N–H and O–H groups in total. The van der Waals surface area contributed by atoms with Crippen molar-refractivity contribution in [1.29, 1.82) is 5.15 Å². The molecule has 0 aromatic heterocycles. The van der Waals surface area contributed by atoms with Gasteiger partial charge in [-0.1, -0.05) is 6.92 Å². The van der Waals surface area contributed by atoms with Crippen LogP contribution in [0.5, 0.6) is 0 Å². The molecule has 0 unspecified atom stereocenters. The van der Waals surface area contributed by atoms with Crippen LogP contribution in [0.2, 0.25) is 1.41 Å². The van der Waals surface area contributed by atoms with Crippen LogP contribution in [0.1, 0.15) is 6.92 Å². The number of hydrogen-bond acceptors (Lipinski definition) is 1. The van der Waals surface area contributed by atoms with Crippen LogP contribution in [0.3, 0.4) is 0 Å². The predicted octanol–water partition coefficient (Wildman–Crippen LogP) is 1.71. The van der Waals surface area contributed by atoms with Crippen molar-refractivity contribution >= 4 is 8.37 Å². The molecule has 0 fully saturated rings. The molecular weight excluding hydrogens is 69.0 g/mol. The van der Waals surface area contributed by atoms with E-state index in [2.05, 4.69) is 5.15 Å². The molecule has 0 aromatic rings. The van der Waals surface area contributed by atoms with E-state index in [1.165, 1.54) is 0 Å². The summed E-state index contributed by atoms with van der Waals surface area (Å²) in [4.78, 5) is 0. The highest BCUT2D eigenvalue weighted by Crippen LogP contribution is 1.84. The van der Waals surface area contributed by atoms with Crippen LogP contribution < -0.4 is 0 Å². The van der Waals surface area contributed by atoms with Crippen molar-refractivity contribution in [2.24, 2.45) is 0 Å². The average molecular weight is 76.1 g/mol. The van der Waals surface area contributed by atoms with E-state index in [9.17, 15) is 0 Å². The Balaban J connectivity index is 2.62. The molecular formula is C2H6NP. The van der Waals surface area contributed by atoms with Gasteiger partial charge in [-0.25, -0.2) is 0 Å². The van der Waals surface area contributed by atoms with Gasteiger partial charge in [0.2, 0.25) is 0 Å². The van der Waals surface area contributed by atoms with Crippen molar-refractivity contribution in [3.05, 3.63) is 0 Å². The fraction of sp³-hybridized carbons (Fsp3) is 1.00. The quantitative estimate of drug-likeness (QED) is 0.460. The van der Waals surface area contributed by atoms with Gasteiger partial charge >= 0.3 is 0 Å². The maximum atomic E-state index is 6.22. The first-order valence-corrected chi connectivity index (χ1v) is 2.26. The third kappa shape index (κ3) is 2.10. The van der Waals surface area contributed by atoms with Crippen LogP contribution in [0, 0.1) is 5.15 Å². The van der Waals surface area contributed by atoms with Crippen molar-refractivity contribution < 1.29 is 1.41 Å². The topological polar surface area (TPSA) is 23.9 Å². The second-order valence-electron chi connectivity index (χ2n) is 0.458. The van der Waals surface area contributed by atoms with E-state index in [0.29, 0.717) is 0 Å². The van der Waals surface area contributed by atoms with Crippen molar-refractivity contribution in [3.63, 3.8) is 0 Å². The van der Waals surface area contributed by atoms with Gasteiger partial charge in [-0.05, 0) is 8.37 Å². The fourth-order valence-electron chi connectivity index (χ4n) is 0. The van der Waals surface area contributed by atoms with Gasteiger partial charge in [0.25, 0.3) is 0 Å². The molecule has 0 bridgehead atoms. The van der Waals surface area contributed by atoms with Crippen LogP contribution in [0.4, 0.5) is 0 Å². The van der Waals surface area contributed by atoms with E-state index in [-0.39, 0.29) is 0 Å². The molecule has 0 rings (SSSR count). The molecule has 0 heterocycles. The molecule has 0 saturated carbocycles. The molecule has 0 aliphatic carbocycles. The highest BCUT2D eigenvalue weighted by Gasteiger charge is 1.49. The normalized spacial score (nSPS) is 12.8. The summed E-state index contributed by atoms with van der Waals surface area (Å²) in [6, 6.07) is 0. The van der Waals surface area contributed by atoms with Gasteiger partial charge in [-0.2, -0.15) is 0 Å². The molecule has 0 saturated heterocycles. The summed E-state index contributed by atoms with van der Waals surface area (Å²) in [5.41, 5.74) is 0. The molecule has 24 valence electrons. The summed E-state index contributed by atoms with van der Waals surface area (Å²) in [5, 5.41) is 3.08. The lowest BCUT2D eigenvalue weighted by atomic mass is 11.0. The zero-order valence-corrected chi connectivity index (χ0v) is 3.50. The maximum Gasteiger partial charge on any atom is 0.192 e. The zero-order chi connectivity index (χ0) is 4.12. The third-order valence-corrected chi connectivity index (χ3v) is 0.424. The highest BCUT2D eigenvalue weighted by atomic mass is 31.1. The summed E-state index contributed by atoms with van der Waals surface area (Å²) in [6.45, 7) is 1.99. The zero-order valence-electron chi connectivity index (χ0n) is 3.60. The lowest BCUT2D eigenvalue weighted by molar-refractivity contribution is 1.49. The van der Waals surface area contributed by atoms with Crippen molar-refractivity contribution in [1.82, 2.24) is 0 Å². The Morgan fingerprint density at radius 2 is 3.25 bits per heavy atom. The second-order valence-corrected chi connectivity index (χ2v) is 1.37. The Morgan fingerprint density at radius 3 is 3.25 bits per heavy atom. The summed E-state index contributed by atoms with van der Waals surface area (Å²) in [7, 11) is 0.872. The summed E-state index contributed by atoms with van der Waals surface area (Å²) in [6.07, 6.45) is 0.962. The number of hydrogen-bond donors (Lipinski definition) is 1. The number of nitrogens with one attached hydrogen (secondary N) is 1. The maximum absolute atomic E-state index is 6.22. The smallest absolute Gasteiger partial charge is 0.192 e. The molecule has 0 spiro atoms. The molecule has 4 heavy (non-hydrogen) atoms. The molecule has 2 heteroatoms. The average Bonchev–Trinajstić information content (AvgIpc) is 1.41. The first-order chi connectivity index (χ1) is 2.41. The summed E-state index contributed by atoms with van der Waals surface area (Å²) < 4.78 is 6.22. The first-order valence-electron chi connectivity index (χ1n) is 1.67. The molecule has 1 nitrogen and oxygen atoms in total. The van der Waals surface area contributed by atoms with Crippen LogP contribution in [0.15, 0.2) is 0 Å². The van der Waals surface area contributed by atoms with E-state index < -0.39 is 0 Å². The van der Waals surface area contributed by atoms with E-state index >= 15 is 0 Å². The van der Waals surface area contributed by atoms with Gasteiger partial charge < -0.3 is 0 Å². The Hall–Kier alpha value is 0.100. The first kappa shape index (κ1) is 2.34. The minimum Gasteiger partial charge on any atom is -0.284 e. The van der Waals surface area contributed by atoms with Gasteiger partial charge in [-0.15, -0.1) is 0 Å². The van der Waals surface area contributed by atoms with Gasteiger partial charge in [0.15, 0.2) is 1.41 Å². The van der Waals surface area contributed by atoms with Crippen LogP contribution in [-0.4, -0.2) is 6.16 Å². The van der Waals surface area contributed by atoms with Gasteiger partial charge in [0.05, 0.1) is 0 Å². The van der Waals surface area contributed by atoms with E-state index in [4.69, 9.17) is 1.41 Å². The summed E-state index contributed by atoms with van der Waals surface area (Å²) in [5.74, 6) is 0. The van der Waals surface area contributed by atoms with E-state index in [1.54, 1.807) is 0 Å². The van der Waals surface area contributed by atoms with Crippen molar-refractivity contribution in [3.8, 4) is 0 Å². The molecule has 0 aliphatic heterocycles. The van der Waals surface area contributed by atoms with E-state index in [0.717, 1.165) is 14.5 Å². The monoisotopic (exact) mass is 76.0 g/mol. The van der Waals surface area contributed by atoms with Crippen LogP contribution in [0.25, 0.3) is 0 Å². The van der Waals surface area contributed by atoms with Gasteiger partial charge in [0, 0.05) is 6.16 Å². The lowest BCUT2D eigenvalue weighted by Crippen LogP contribution is -1.38. The Bertz CT molecular complexity index is 36.6. The van der Waals surface area contributed by atoms with Gasteiger partial charge in [-0.3, -0.25) is 5.15 Å². The third-order valence-electron chi connectivity index (χ3n) is 0.141. The Morgan fingerprint density at radius 1 is 2.50 bits per heavy atom. The Labute approximate surface area is 29.2 Å². The van der Waals surface area contributed by atoms with Crippen LogP contribution >= 0.6 is 8.37 Å². The number of rotatable bonds is 1. The van der Waals surface area contributed by atoms with Crippen molar-refractivity contribution in [2.75, 3.05) is 6.16 Å². The molecule has 0 atom stereocenters. The minimum absolute atomic E-state index is 0.872. The van der Waals surface area contributed by atoms with Crippen molar-refractivity contribution in [2.45, 2.75) is 6.92 Å². The second kappa shape index (κ2) is 3.10. The van der Waals surface area contributed by atoms with Crippen LogP contribution in [-0.2, 0) is 0 Å². The minimum atomic E-state index is 0.872. The SMILES string of the molecule is [2H]N=PCC. The molecule has 0 radical (unpaired) electrons. The molecule has 0 aromatic carbocycles. The van der Waals surface area contributed by atoms with Gasteiger partial charge in [0.1, 0.15) is 0 Å².